The second kappa shape index (κ2) is 8.52. The minimum Gasteiger partial charge on any atom is -0.450 e. The molecule has 0 aromatic rings. The highest BCUT2D eigenvalue weighted by molar-refractivity contribution is 5.85. The summed E-state index contributed by atoms with van der Waals surface area (Å²) in [4.78, 5) is 9.94. The maximum absolute atomic E-state index is 9.94. The van der Waals surface area contributed by atoms with Gasteiger partial charge >= 0.3 is 6.09 Å². The van der Waals surface area contributed by atoms with Crippen LogP contribution < -0.4 is 11.1 Å². The zero-order valence-electron chi connectivity index (χ0n) is 5.92. The van der Waals surface area contributed by atoms with Crippen LogP contribution in [-0.4, -0.2) is 26.3 Å². The standard InChI is InChI=1S/C5H12N2O2.ClH/c1-7-3-2-4-9-5(6)8;/h7H,2-4H2,1H3,(H2,6,8);1H. The number of ether oxygens (including phenoxy) is 1. The van der Waals surface area contributed by atoms with Crippen LogP contribution >= 0.6 is 12.4 Å². The van der Waals surface area contributed by atoms with E-state index >= 15 is 0 Å². The number of halogens is 1. The average Bonchev–Trinajstić information content (AvgIpc) is 1.80. The summed E-state index contributed by atoms with van der Waals surface area (Å²) in [7, 11) is 1.84. The van der Waals surface area contributed by atoms with E-state index < -0.39 is 6.09 Å². The van der Waals surface area contributed by atoms with E-state index in [2.05, 4.69) is 10.1 Å². The van der Waals surface area contributed by atoms with Gasteiger partial charge in [0.2, 0.25) is 0 Å². The molecule has 62 valence electrons. The Balaban J connectivity index is 0. The summed E-state index contributed by atoms with van der Waals surface area (Å²) in [5.41, 5.74) is 4.69. The highest BCUT2D eigenvalue weighted by Crippen LogP contribution is 1.78. The lowest BCUT2D eigenvalue weighted by molar-refractivity contribution is 0.155. The second-order valence-corrected chi connectivity index (χ2v) is 1.62. The summed E-state index contributed by atoms with van der Waals surface area (Å²) in [5.74, 6) is 0. The summed E-state index contributed by atoms with van der Waals surface area (Å²) in [6.07, 6.45) is 0.102. The number of carbonyl (C=O) groups excluding carboxylic acids is 1. The number of primary amides is 1. The van der Waals surface area contributed by atoms with Crippen molar-refractivity contribution < 1.29 is 9.53 Å². The lowest BCUT2D eigenvalue weighted by Gasteiger charge is -1.98. The van der Waals surface area contributed by atoms with Gasteiger partial charge in [-0.15, -0.1) is 12.4 Å². The molecule has 3 N–H and O–H groups in total. The topological polar surface area (TPSA) is 64.3 Å². The number of carbonyl (C=O) groups is 1. The molecule has 0 bridgehead atoms. The van der Waals surface area contributed by atoms with E-state index in [0.29, 0.717) is 6.61 Å². The number of amides is 1. The van der Waals surface area contributed by atoms with Crippen molar-refractivity contribution in [2.75, 3.05) is 20.2 Å². The lowest BCUT2D eigenvalue weighted by Crippen LogP contribution is -2.16. The molecule has 0 aliphatic rings. The molecule has 5 heteroatoms. The van der Waals surface area contributed by atoms with Gasteiger partial charge in [-0.05, 0) is 20.0 Å². The van der Waals surface area contributed by atoms with Gasteiger partial charge in [0.05, 0.1) is 6.61 Å². The number of hydrogen-bond acceptors (Lipinski definition) is 3. The zero-order valence-corrected chi connectivity index (χ0v) is 6.74. The lowest BCUT2D eigenvalue weighted by atomic mass is 10.5. The quantitative estimate of drug-likeness (QED) is 0.586. The van der Waals surface area contributed by atoms with E-state index in [0.717, 1.165) is 13.0 Å². The first kappa shape index (κ1) is 12.2. The predicted molar refractivity (Wildman–Crippen MR) is 41.3 cm³/mol. The number of nitrogens with one attached hydrogen (secondary N) is 1. The van der Waals surface area contributed by atoms with Crippen molar-refractivity contribution in [2.45, 2.75) is 6.42 Å². The molecule has 0 fully saturated rings. The molecule has 10 heavy (non-hydrogen) atoms. The van der Waals surface area contributed by atoms with Crippen LogP contribution in [0, 0.1) is 0 Å². The molecule has 0 saturated carbocycles. The Morgan fingerprint density at radius 1 is 1.70 bits per heavy atom. The molecule has 0 aromatic carbocycles. The molecule has 0 atom stereocenters. The molecule has 0 aromatic heterocycles. The van der Waals surface area contributed by atoms with E-state index in [1.54, 1.807) is 0 Å². The fourth-order valence-corrected chi connectivity index (χ4v) is 0.422. The molecule has 0 spiro atoms. The molecular formula is C5H13ClN2O2. The van der Waals surface area contributed by atoms with Gasteiger partial charge in [-0.1, -0.05) is 0 Å². The van der Waals surface area contributed by atoms with E-state index in [-0.39, 0.29) is 12.4 Å². The molecule has 0 aliphatic heterocycles. The van der Waals surface area contributed by atoms with Gasteiger partial charge in [-0.2, -0.15) is 0 Å². The molecule has 0 heterocycles. The molecule has 0 saturated heterocycles. The number of hydrogen-bond donors (Lipinski definition) is 2. The van der Waals surface area contributed by atoms with Gasteiger partial charge in [0.1, 0.15) is 0 Å². The Hall–Kier alpha value is -0.480. The molecule has 0 unspecified atom stereocenters. The van der Waals surface area contributed by atoms with Crippen molar-refractivity contribution >= 4 is 18.5 Å². The van der Waals surface area contributed by atoms with E-state index in [9.17, 15) is 4.79 Å². The van der Waals surface area contributed by atoms with Gasteiger partial charge in [0.15, 0.2) is 0 Å². The van der Waals surface area contributed by atoms with Crippen molar-refractivity contribution in [3.05, 3.63) is 0 Å². The second-order valence-electron chi connectivity index (χ2n) is 1.62. The minimum atomic E-state index is -0.703. The largest absolute Gasteiger partial charge is 0.450 e. The van der Waals surface area contributed by atoms with E-state index in [4.69, 9.17) is 5.73 Å². The smallest absolute Gasteiger partial charge is 0.404 e. The van der Waals surface area contributed by atoms with Crippen LogP contribution in [-0.2, 0) is 4.74 Å². The molecule has 0 aliphatic carbocycles. The number of rotatable bonds is 4. The summed E-state index contributed by atoms with van der Waals surface area (Å²) in [5, 5.41) is 2.91. The highest BCUT2D eigenvalue weighted by atomic mass is 35.5. The van der Waals surface area contributed by atoms with Gasteiger partial charge < -0.3 is 15.8 Å². The fraction of sp³-hybridized carbons (Fsp3) is 0.800. The summed E-state index contributed by atoms with van der Waals surface area (Å²) in [6.45, 7) is 1.24. The normalized spacial score (nSPS) is 8.10. The summed E-state index contributed by atoms with van der Waals surface area (Å²) in [6, 6.07) is 0. The Morgan fingerprint density at radius 3 is 2.70 bits per heavy atom. The van der Waals surface area contributed by atoms with Gasteiger partial charge in [0.25, 0.3) is 0 Å². The number of nitrogens with two attached hydrogens (primary N) is 1. The third kappa shape index (κ3) is 10.5. The SMILES string of the molecule is CNCCCOC(N)=O.Cl. The molecule has 4 nitrogen and oxygen atoms in total. The Morgan fingerprint density at radius 2 is 2.30 bits per heavy atom. The monoisotopic (exact) mass is 168 g/mol. The molecule has 0 radical (unpaired) electrons. The van der Waals surface area contributed by atoms with Gasteiger partial charge in [-0.25, -0.2) is 4.79 Å². The van der Waals surface area contributed by atoms with Crippen LogP contribution in [0.15, 0.2) is 0 Å². The van der Waals surface area contributed by atoms with Crippen LogP contribution in [0.3, 0.4) is 0 Å². The Bertz CT molecular complexity index is 89.7. The van der Waals surface area contributed by atoms with Crippen LogP contribution in [0.1, 0.15) is 6.42 Å². The highest BCUT2D eigenvalue weighted by Gasteiger charge is 1.90. The van der Waals surface area contributed by atoms with Crippen molar-refractivity contribution in [2.24, 2.45) is 5.73 Å². The maximum Gasteiger partial charge on any atom is 0.404 e. The van der Waals surface area contributed by atoms with Gasteiger partial charge in [0, 0.05) is 0 Å². The van der Waals surface area contributed by atoms with Gasteiger partial charge in [-0.3, -0.25) is 0 Å². The first-order chi connectivity index (χ1) is 4.27. The van der Waals surface area contributed by atoms with Crippen LogP contribution in [0.4, 0.5) is 4.79 Å². The molecule has 0 rings (SSSR count). The first-order valence-corrected chi connectivity index (χ1v) is 2.84. The van der Waals surface area contributed by atoms with Crippen LogP contribution in [0.25, 0.3) is 0 Å². The van der Waals surface area contributed by atoms with E-state index in [1.165, 1.54) is 0 Å². The summed E-state index contributed by atoms with van der Waals surface area (Å²) < 4.78 is 4.44. The Labute approximate surface area is 66.5 Å². The third-order valence-corrected chi connectivity index (χ3v) is 0.815. The average molecular weight is 169 g/mol. The fourth-order valence-electron chi connectivity index (χ4n) is 0.422. The van der Waals surface area contributed by atoms with E-state index in [1.807, 2.05) is 7.05 Å². The van der Waals surface area contributed by atoms with Crippen molar-refractivity contribution in [1.82, 2.24) is 5.32 Å². The first-order valence-electron chi connectivity index (χ1n) is 2.84. The molecule has 1 amide bonds. The predicted octanol–water partition coefficient (Wildman–Crippen LogP) is 0.113. The third-order valence-electron chi connectivity index (χ3n) is 0.815. The Kier molecular flexibility index (Phi) is 10.4. The van der Waals surface area contributed by atoms with Crippen molar-refractivity contribution in [3.8, 4) is 0 Å². The zero-order chi connectivity index (χ0) is 7.11. The van der Waals surface area contributed by atoms with Crippen LogP contribution in [0.5, 0.6) is 0 Å². The summed E-state index contributed by atoms with van der Waals surface area (Å²) >= 11 is 0. The maximum atomic E-state index is 9.94. The van der Waals surface area contributed by atoms with Crippen molar-refractivity contribution in [3.63, 3.8) is 0 Å². The minimum absolute atomic E-state index is 0. The van der Waals surface area contributed by atoms with Crippen LogP contribution in [0.2, 0.25) is 0 Å². The van der Waals surface area contributed by atoms with Crippen molar-refractivity contribution in [1.29, 1.82) is 0 Å². The molecular weight excluding hydrogens is 156 g/mol.